The molecule has 0 radical (unpaired) electrons. The van der Waals surface area contributed by atoms with E-state index in [-0.39, 0.29) is 14.1 Å². The minimum atomic E-state index is 0.151. The maximum Gasteiger partial charge on any atom is 0.186 e. The van der Waals surface area contributed by atoms with Crippen LogP contribution in [0, 0.1) is 20.8 Å². The lowest BCUT2D eigenvalue weighted by Crippen LogP contribution is -2.07. The van der Waals surface area contributed by atoms with E-state index in [1.807, 2.05) is 57.2 Å². The summed E-state index contributed by atoms with van der Waals surface area (Å²) in [6.07, 6.45) is 0. The van der Waals surface area contributed by atoms with Gasteiger partial charge in [-0.3, -0.25) is 4.79 Å². The van der Waals surface area contributed by atoms with Crippen LogP contribution in [0.15, 0.2) is 36.4 Å². The Morgan fingerprint density at radius 2 is 1.65 bits per heavy atom. The third-order valence-corrected chi connectivity index (χ3v) is 4.70. The summed E-state index contributed by atoms with van der Waals surface area (Å²) < 4.78 is 5.20. The standard InChI is InChI=1S/C17H19O2P/c1-11-6-5-7-12(2)16(11)17(18)20-15-9-8-14(19-4)10-13(15)3/h5-10,20H,1-4H3. The Morgan fingerprint density at radius 1 is 1.00 bits per heavy atom. The Morgan fingerprint density at radius 3 is 2.20 bits per heavy atom. The Kier molecular flexibility index (Phi) is 4.57. The monoisotopic (exact) mass is 286 g/mol. The summed E-state index contributed by atoms with van der Waals surface area (Å²) in [4.78, 5) is 12.5. The number of carbonyl (C=O) groups excluding carboxylic acids is 1. The van der Waals surface area contributed by atoms with Gasteiger partial charge in [0.15, 0.2) is 5.52 Å². The summed E-state index contributed by atoms with van der Waals surface area (Å²) in [5, 5.41) is 1.08. The second-order valence-electron chi connectivity index (χ2n) is 4.90. The Balaban J connectivity index is 2.28. The number of aryl methyl sites for hydroxylation is 3. The quantitative estimate of drug-likeness (QED) is 0.800. The highest BCUT2D eigenvalue weighted by Gasteiger charge is 2.13. The summed E-state index contributed by atoms with van der Waals surface area (Å²) >= 11 is 0. The van der Waals surface area contributed by atoms with Gasteiger partial charge < -0.3 is 4.74 Å². The van der Waals surface area contributed by atoms with E-state index < -0.39 is 0 Å². The average molecular weight is 286 g/mol. The second-order valence-corrected chi connectivity index (χ2v) is 6.14. The normalized spacial score (nSPS) is 11.0. The highest BCUT2D eigenvalue weighted by Crippen LogP contribution is 2.26. The van der Waals surface area contributed by atoms with Crippen molar-refractivity contribution in [2.75, 3.05) is 7.11 Å². The SMILES string of the molecule is COc1ccc(PC(=O)c2c(C)cccc2C)c(C)c1. The van der Waals surface area contributed by atoms with E-state index in [4.69, 9.17) is 4.74 Å². The molecule has 0 N–H and O–H groups in total. The molecule has 2 nitrogen and oxygen atoms in total. The molecule has 2 aromatic rings. The summed E-state index contributed by atoms with van der Waals surface area (Å²) in [6.45, 7) is 6.00. The number of methoxy groups -OCH3 is 1. The highest BCUT2D eigenvalue weighted by atomic mass is 31.1. The molecular formula is C17H19O2P. The van der Waals surface area contributed by atoms with Gasteiger partial charge in [0.25, 0.3) is 0 Å². The van der Waals surface area contributed by atoms with Gasteiger partial charge in [0, 0.05) is 5.56 Å². The Bertz CT molecular complexity index is 627. The van der Waals surface area contributed by atoms with Crippen molar-refractivity contribution in [3.05, 3.63) is 58.7 Å². The van der Waals surface area contributed by atoms with Gasteiger partial charge >= 0.3 is 0 Å². The highest BCUT2D eigenvalue weighted by molar-refractivity contribution is 7.66. The van der Waals surface area contributed by atoms with Crippen LogP contribution in [0.3, 0.4) is 0 Å². The Hall–Kier alpha value is -1.66. The lowest BCUT2D eigenvalue weighted by Gasteiger charge is -2.11. The number of hydrogen-bond donors (Lipinski definition) is 0. The third-order valence-electron chi connectivity index (χ3n) is 3.39. The van der Waals surface area contributed by atoms with E-state index in [1.54, 1.807) is 7.11 Å². The van der Waals surface area contributed by atoms with Gasteiger partial charge in [-0.25, -0.2) is 0 Å². The Labute approximate surface area is 122 Å². The first kappa shape index (κ1) is 14.7. The van der Waals surface area contributed by atoms with Gasteiger partial charge in [-0.15, -0.1) is 0 Å². The molecule has 0 fully saturated rings. The first-order chi connectivity index (χ1) is 9.52. The van der Waals surface area contributed by atoms with Crippen molar-refractivity contribution in [3.8, 4) is 5.75 Å². The molecule has 104 valence electrons. The lowest BCUT2D eigenvalue weighted by molar-refractivity contribution is 0.108. The number of ether oxygens (including phenoxy) is 1. The number of hydrogen-bond acceptors (Lipinski definition) is 2. The smallest absolute Gasteiger partial charge is 0.186 e. The first-order valence-electron chi connectivity index (χ1n) is 6.55. The fraction of sp³-hybridized carbons (Fsp3) is 0.235. The van der Waals surface area contributed by atoms with Crippen LogP contribution in [-0.4, -0.2) is 12.6 Å². The van der Waals surface area contributed by atoms with E-state index in [0.717, 1.165) is 33.3 Å². The number of rotatable bonds is 4. The molecule has 0 bridgehead atoms. The van der Waals surface area contributed by atoms with Crippen LogP contribution in [0.4, 0.5) is 0 Å². The van der Waals surface area contributed by atoms with Gasteiger partial charge in [-0.2, -0.15) is 0 Å². The van der Waals surface area contributed by atoms with Crippen LogP contribution in [0.2, 0.25) is 0 Å². The van der Waals surface area contributed by atoms with Crippen molar-refractivity contribution in [2.24, 2.45) is 0 Å². The molecule has 0 spiro atoms. The van der Waals surface area contributed by atoms with Crippen molar-refractivity contribution in [1.82, 2.24) is 0 Å². The van der Waals surface area contributed by atoms with Crippen molar-refractivity contribution in [3.63, 3.8) is 0 Å². The molecule has 0 aliphatic heterocycles. The maximum absolute atomic E-state index is 12.5. The zero-order valence-electron chi connectivity index (χ0n) is 12.3. The van der Waals surface area contributed by atoms with E-state index in [2.05, 4.69) is 0 Å². The summed E-state index contributed by atoms with van der Waals surface area (Å²) in [6, 6.07) is 11.8. The maximum atomic E-state index is 12.5. The molecule has 3 heteroatoms. The van der Waals surface area contributed by atoms with Crippen molar-refractivity contribution in [2.45, 2.75) is 20.8 Å². The van der Waals surface area contributed by atoms with Gasteiger partial charge in [0.1, 0.15) is 5.75 Å². The van der Waals surface area contributed by atoms with Crippen LogP contribution in [0.25, 0.3) is 0 Å². The third kappa shape index (κ3) is 3.08. The van der Waals surface area contributed by atoms with Gasteiger partial charge in [-0.05, 0) is 63.5 Å². The summed E-state index contributed by atoms with van der Waals surface area (Å²) in [7, 11) is 1.80. The van der Waals surface area contributed by atoms with Gasteiger partial charge in [0.05, 0.1) is 7.11 Å². The van der Waals surface area contributed by atoms with Crippen LogP contribution in [0.1, 0.15) is 27.0 Å². The van der Waals surface area contributed by atoms with Crippen LogP contribution >= 0.6 is 8.58 Å². The first-order valence-corrected chi connectivity index (χ1v) is 7.55. The number of benzene rings is 2. The molecule has 0 heterocycles. The molecule has 2 aromatic carbocycles. The van der Waals surface area contributed by atoms with Gasteiger partial charge in [-0.1, -0.05) is 24.3 Å². The molecular weight excluding hydrogens is 267 g/mol. The van der Waals surface area contributed by atoms with Crippen LogP contribution in [0.5, 0.6) is 5.75 Å². The number of carbonyl (C=O) groups is 1. The van der Waals surface area contributed by atoms with Crippen LogP contribution < -0.4 is 10.0 Å². The zero-order chi connectivity index (χ0) is 14.7. The largest absolute Gasteiger partial charge is 0.497 e. The summed E-state index contributed by atoms with van der Waals surface area (Å²) in [5.74, 6) is 0.829. The fourth-order valence-electron chi connectivity index (χ4n) is 2.26. The second kappa shape index (κ2) is 6.19. The topological polar surface area (TPSA) is 26.3 Å². The zero-order valence-corrected chi connectivity index (χ0v) is 13.3. The molecule has 20 heavy (non-hydrogen) atoms. The van der Waals surface area contributed by atoms with Gasteiger partial charge in [0.2, 0.25) is 0 Å². The minimum absolute atomic E-state index is 0.151. The molecule has 0 saturated heterocycles. The molecule has 0 aliphatic carbocycles. The lowest BCUT2D eigenvalue weighted by atomic mass is 10.0. The average Bonchev–Trinajstić information content (AvgIpc) is 2.41. The van der Waals surface area contributed by atoms with Crippen molar-refractivity contribution < 1.29 is 9.53 Å². The van der Waals surface area contributed by atoms with E-state index in [1.165, 1.54) is 0 Å². The molecule has 0 aliphatic rings. The fourth-order valence-corrected chi connectivity index (χ4v) is 3.46. The van der Waals surface area contributed by atoms with Crippen molar-refractivity contribution >= 4 is 19.4 Å². The molecule has 1 atom stereocenters. The molecule has 0 amide bonds. The van der Waals surface area contributed by atoms with E-state index >= 15 is 0 Å². The van der Waals surface area contributed by atoms with Crippen molar-refractivity contribution in [1.29, 1.82) is 0 Å². The van der Waals surface area contributed by atoms with E-state index in [9.17, 15) is 4.79 Å². The van der Waals surface area contributed by atoms with Crippen LogP contribution in [-0.2, 0) is 0 Å². The molecule has 1 unspecified atom stereocenters. The summed E-state index contributed by atoms with van der Waals surface area (Å²) in [5.41, 5.74) is 4.26. The molecule has 2 rings (SSSR count). The van der Waals surface area contributed by atoms with E-state index in [0.29, 0.717) is 0 Å². The molecule has 0 aromatic heterocycles. The minimum Gasteiger partial charge on any atom is -0.497 e. The molecule has 0 saturated carbocycles. The predicted molar refractivity (Wildman–Crippen MR) is 85.9 cm³/mol. The predicted octanol–water partition coefficient (Wildman–Crippen LogP) is 3.76.